The van der Waals surface area contributed by atoms with Crippen LogP contribution in [0, 0.1) is 13.8 Å². The fraction of sp³-hybridized carbons (Fsp3) is 0.261. The van der Waals surface area contributed by atoms with Crippen molar-refractivity contribution in [1.29, 1.82) is 0 Å². The van der Waals surface area contributed by atoms with Crippen molar-refractivity contribution in [3.05, 3.63) is 65.2 Å². The number of likely N-dealkylation sites (N-methyl/N-ethyl adjacent to an activating group) is 1. The Morgan fingerprint density at radius 2 is 1.75 bits per heavy atom. The first-order chi connectivity index (χ1) is 15.2. The summed E-state index contributed by atoms with van der Waals surface area (Å²) in [5.41, 5.74) is 3.68. The summed E-state index contributed by atoms with van der Waals surface area (Å²) in [6.45, 7) is 5.96. The van der Waals surface area contributed by atoms with E-state index in [1.807, 2.05) is 39.0 Å². The topological polar surface area (TPSA) is 101 Å². The fourth-order valence-corrected chi connectivity index (χ4v) is 4.58. The quantitative estimate of drug-likeness (QED) is 0.607. The molecule has 9 heteroatoms. The number of nitrogens with zero attached hydrogens (tertiary/aromatic N) is 3. The van der Waals surface area contributed by atoms with Crippen LogP contribution in [-0.4, -0.2) is 48.9 Å². The third-order valence-electron chi connectivity index (χ3n) is 5.51. The molecular formula is C23H24N4O4S. The molecule has 1 N–H and O–H groups in total. The van der Waals surface area contributed by atoms with Crippen LogP contribution in [0.1, 0.15) is 28.4 Å². The molecule has 0 unspecified atom stereocenters. The van der Waals surface area contributed by atoms with Crippen molar-refractivity contribution in [2.45, 2.75) is 31.7 Å². The number of nitrogens with one attached hydrogen (secondary N) is 1. The van der Waals surface area contributed by atoms with E-state index in [2.05, 4.69) is 14.7 Å². The summed E-state index contributed by atoms with van der Waals surface area (Å²) in [7, 11) is -2.38. The van der Waals surface area contributed by atoms with E-state index in [0.29, 0.717) is 5.69 Å². The third kappa shape index (κ3) is 4.16. The zero-order chi connectivity index (χ0) is 23.0. The summed E-state index contributed by atoms with van der Waals surface area (Å²) >= 11 is 0. The molecule has 0 spiro atoms. The maximum absolute atomic E-state index is 13.1. The van der Waals surface area contributed by atoms with Crippen LogP contribution in [0.3, 0.4) is 0 Å². The Morgan fingerprint density at radius 1 is 1.06 bits per heavy atom. The van der Waals surface area contributed by atoms with Crippen molar-refractivity contribution in [2.24, 2.45) is 0 Å². The number of fused-ring (bicyclic) bond motifs is 4. The minimum atomic E-state index is -4.03. The van der Waals surface area contributed by atoms with Crippen LogP contribution in [0.4, 0.5) is 5.95 Å². The minimum Gasteiger partial charge on any atom is -0.475 e. The van der Waals surface area contributed by atoms with Crippen LogP contribution >= 0.6 is 0 Å². The Hall–Kier alpha value is -3.46. The smallest absolute Gasteiger partial charge is 0.264 e. The van der Waals surface area contributed by atoms with E-state index in [0.717, 1.165) is 16.7 Å². The van der Waals surface area contributed by atoms with Gasteiger partial charge in [-0.3, -0.25) is 4.79 Å². The van der Waals surface area contributed by atoms with Crippen molar-refractivity contribution in [2.75, 3.05) is 18.4 Å². The maximum Gasteiger partial charge on any atom is 0.264 e. The summed E-state index contributed by atoms with van der Waals surface area (Å²) < 4.78 is 34.4. The number of rotatable bonds is 1. The van der Waals surface area contributed by atoms with Gasteiger partial charge in [-0.15, -0.1) is 0 Å². The first-order valence-corrected chi connectivity index (χ1v) is 11.6. The van der Waals surface area contributed by atoms with Gasteiger partial charge < -0.3 is 9.64 Å². The molecule has 0 saturated heterocycles. The van der Waals surface area contributed by atoms with Crippen molar-refractivity contribution in [3.63, 3.8) is 0 Å². The molecule has 32 heavy (non-hydrogen) atoms. The van der Waals surface area contributed by atoms with Crippen LogP contribution in [0.15, 0.2) is 53.4 Å². The van der Waals surface area contributed by atoms with E-state index in [4.69, 9.17) is 4.74 Å². The number of hydrogen-bond acceptors (Lipinski definition) is 6. The van der Waals surface area contributed by atoms with E-state index in [1.165, 1.54) is 23.1 Å². The van der Waals surface area contributed by atoms with Gasteiger partial charge in [0.25, 0.3) is 15.9 Å². The Balaban J connectivity index is 1.89. The van der Waals surface area contributed by atoms with Crippen LogP contribution in [-0.2, 0) is 10.0 Å². The first kappa shape index (κ1) is 21.8. The van der Waals surface area contributed by atoms with E-state index in [1.54, 1.807) is 19.2 Å². The van der Waals surface area contributed by atoms with Gasteiger partial charge in [0.2, 0.25) is 11.8 Å². The SMILES string of the molecule is Cc1cccc(C)c1-c1cc2nc(n1)NS(=O)(=O)c1cccc(c1)C(=O)N(C)[C@H](C)CO2. The lowest BCUT2D eigenvalue weighted by atomic mass is 10.00. The normalized spacial score (nSPS) is 17.9. The Labute approximate surface area is 187 Å². The molecule has 2 aromatic carbocycles. The Bertz CT molecular complexity index is 1290. The molecule has 8 nitrogen and oxygen atoms in total. The van der Waals surface area contributed by atoms with E-state index >= 15 is 0 Å². The van der Waals surface area contributed by atoms with Crippen molar-refractivity contribution >= 4 is 21.9 Å². The molecule has 0 saturated carbocycles. The lowest BCUT2D eigenvalue weighted by Crippen LogP contribution is -2.38. The Kier molecular flexibility index (Phi) is 5.60. The number of aryl methyl sites for hydroxylation is 2. The Morgan fingerprint density at radius 3 is 2.47 bits per heavy atom. The average molecular weight is 453 g/mol. The highest BCUT2D eigenvalue weighted by atomic mass is 32.2. The van der Waals surface area contributed by atoms with E-state index < -0.39 is 10.0 Å². The summed E-state index contributed by atoms with van der Waals surface area (Å²) in [4.78, 5) is 23.1. The summed E-state index contributed by atoms with van der Waals surface area (Å²) in [6.07, 6.45) is 0. The summed E-state index contributed by atoms with van der Waals surface area (Å²) in [5, 5.41) is 0. The lowest BCUT2D eigenvalue weighted by molar-refractivity contribution is 0.0694. The monoisotopic (exact) mass is 452 g/mol. The number of sulfonamides is 1. The molecule has 1 aliphatic heterocycles. The lowest BCUT2D eigenvalue weighted by Gasteiger charge is -2.25. The second kappa shape index (κ2) is 8.23. The van der Waals surface area contributed by atoms with Crippen LogP contribution in [0.25, 0.3) is 11.3 Å². The molecule has 166 valence electrons. The van der Waals surface area contributed by atoms with E-state index in [9.17, 15) is 13.2 Å². The standard InChI is InChI=1S/C23H24N4O4S/c1-14-7-5-8-15(2)21(14)19-12-20-25-23(24-19)26-32(29,30)18-10-6-9-17(11-18)22(28)27(4)16(3)13-31-20/h5-12,16H,13H2,1-4H3,(H,24,25,26)/t16-/m1/s1. The molecule has 1 atom stereocenters. The minimum absolute atomic E-state index is 0.0489. The molecule has 1 aliphatic rings. The largest absolute Gasteiger partial charge is 0.475 e. The van der Waals surface area contributed by atoms with Gasteiger partial charge in [0.05, 0.1) is 16.6 Å². The molecule has 2 heterocycles. The van der Waals surface area contributed by atoms with Gasteiger partial charge >= 0.3 is 0 Å². The van der Waals surface area contributed by atoms with Gasteiger partial charge in [0.1, 0.15) is 6.61 Å². The molecule has 1 amide bonds. The molecule has 0 fully saturated rings. The molecule has 4 rings (SSSR count). The zero-order valence-electron chi connectivity index (χ0n) is 18.3. The third-order valence-corrected chi connectivity index (χ3v) is 6.84. The molecule has 0 radical (unpaired) electrons. The number of amides is 1. The number of hydrogen-bond donors (Lipinski definition) is 1. The van der Waals surface area contributed by atoms with Crippen molar-refractivity contribution in [3.8, 4) is 17.1 Å². The van der Waals surface area contributed by atoms with Crippen LogP contribution in [0.2, 0.25) is 0 Å². The fourth-order valence-electron chi connectivity index (χ4n) is 3.59. The number of carbonyl (C=O) groups is 1. The van der Waals surface area contributed by atoms with E-state index in [-0.39, 0.29) is 40.8 Å². The molecule has 1 aromatic heterocycles. The second-order valence-corrected chi connectivity index (χ2v) is 9.57. The van der Waals surface area contributed by atoms with Crippen molar-refractivity contribution in [1.82, 2.24) is 14.9 Å². The van der Waals surface area contributed by atoms with Gasteiger partial charge in [-0.05, 0) is 50.1 Å². The number of carbonyl (C=O) groups excluding carboxylic acids is 1. The summed E-state index contributed by atoms with van der Waals surface area (Å²) in [5.74, 6) is -0.183. The number of benzene rings is 2. The van der Waals surface area contributed by atoms with Crippen LogP contribution < -0.4 is 9.46 Å². The maximum atomic E-state index is 13.1. The average Bonchev–Trinajstić information content (AvgIpc) is 2.75. The van der Waals surface area contributed by atoms with Gasteiger partial charge in [-0.1, -0.05) is 24.3 Å². The van der Waals surface area contributed by atoms with Crippen molar-refractivity contribution < 1.29 is 17.9 Å². The highest BCUT2D eigenvalue weighted by Crippen LogP contribution is 2.29. The van der Waals surface area contributed by atoms with Gasteiger partial charge in [-0.25, -0.2) is 18.1 Å². The zero-order valence-corrected chi connectivity index (χ0v) is 19.1. The highest BCUT2D eigenvalue weighted by Gasteiger charge is 2.24. The predicted molar refractivity (Wildman–Crippen MR) is 121 cm³/mol. The highest BCUT2D eigenvalue weighted by molar-refractivity contribution is 7.92. The summed E-state index contributed by atoms with van der Waals surface area (Å²) in [6, 6.07) is 13.2. The van der Waals surface area contributed by atoms with Gasteiger partial charge in [-0.2, -0.15) is 4.98 Å². The molecule has 3 aromatic rings. The number of anilines is 1. The van der Waals surface area contributed by atoms with Gasteiger partial charge in [0, 0.05) is 24.2 Å². The predicted octanol–water partition coefficient (Wildman–Crippen LogP) is 3.41. The number of aromatic nitrogens is 2. The second-order valence-electron chi connectivity index (χ2n) is 7.89. The van der Waals surface area contributed by atoms with Gasteiger partial charge in [0.15, 0.2) is 0 Å². The molecule has 4 bridgehead atoms. The molecule has 0 aliphatic carbocycles. The van der Waals surface area contributed by atoms with Crippen LogP contribution in [0.5, 0.6) is 5.88 Å². The molecular weight excluding hydrogens is 428 g/mol. The first-order valence-electron chi connectivity index (χ1n) is 10.1. The number of ether oxygens (including phenoxy) is 1.